The molecule has 0 saturated carbocycles. The van der Waals surface area contributed by atoms with Crippen LogP contribution < -0.4 is 5.32 Å². The molecule has 104 valence electrons. The van der Waals surface area contributed by atoms with Crippen molar-refractivity contribution < 1.29 is 9.31 Å². The van der Waals surface area contributed by atoms with Crippen LogP contribution in [0.25, 0.3) is 0 Å². The van der Waals surface area contributed by atoms with Gasteiger partial charge in [0.05, 0.1) is 9.40 Å². The SMILES string of the molecule is Cc1cc(F)c(Br)cc1Nc1cccc(Cl)c1[N+](=O)[O-]. The van der Waals surface area contributed by atoms with E-state index < -0.39 is 10.7 Å². The molecule has 4 nitrogen and oxygen atoms in total. The number of anilines is 2. The van der Waals surface area contributed by atoms with Gasteiger partial charge in [0.1, 0.15) is 16.5 Å². The van der Waals surface area contributed by atoms with Gasteiger partial charge in [0, 0.05) is 5.69 Å². The molecule has 0 spiro atoms. The molecule has 2 aromatic carbocycles. The first-order valence-corrected chi connectivity index (χ1v) is 6.73. The van der Waals surface area contributed by atoms with E-state index in [9.17, 15) is 14.5 Å². The summed E-state index contributed by atoms with van der Waals surface area (Å²) in [6.45, 7) is 1.70. The first-order chi connectivity index (χ1) is 9.40. The average molecular weight is 360 g/mol. The number of halogens is 3. The van der Waals surface area contributed by atoms with Crippen molar-refractivity contribution in [2.45, 2.75) is 6.92 Å². The monoisotopic (exact) mass is 358 g/mol. The largest absolute Gasteiger partial charge is 0.350 e. The van der Waals surface area contributed by atoms with E-state index in [1.54, 1.807) is 19.1 Å². The minimum Gasteiger partial charge on any atom is -0.350 e. The third-order valence-electron chi connectivity index (χ3n) is 2.71. The maximum atomic E-state index is 13.4. The Morgan fingerprint density at radius 1 is 1.35 bits per heavy atom. The Morgan fingerprint density at radius 3 is 2.70 bits per heavy atom. The highest BCUT2D eigenvalue weighted by molar-refractivity contribution is 9.10. The van der Waals surface area contributed by atoms with E-state index in [1.165, 1.54) is 18.2 Å². The van der Waals surface area contributed by atoms with Gasteiger partial charge in [-0.2, -0.15) is 0 Å². The molecule has 0 aliphatic rings. The first-order valence-electron chi connectivity index (χ1n) is 5.55. The van der Waals surface area contributed by atoms with Crippen molar-refractivity contribution in [3.63, 3.8) is 0 Å². The molecule has 0 radical (unpaired) electrons. The summed E-state index contributed by atoms with van der Waals surface area (Å²) in [5.74, 6) is -0.395. The van der Waals surface area contributed by atoms with Crippen LogP contribution in [0.5, 0.6) is 0 Å². The second-order valence-electron chi connectivity index (χ2n) is 4.10. The fraction of sp³-hybridized carbons (Fsp3) is 0.0769. The predicted molar refractivity (Wildman–Crippen MR) is 80.2 cm³/mol. The van der Waals surface area contributed by atoms with Crippen LogP contribution in [-0.4, -0.2) is 4.92 Å². The number of rotatable bonds is 3. The van der Waals surface area contributed by atoms with Crippen LogP contribution in [0.1, 0.15) is 5.56 Å². The summed E-state index contributed by atoms with van der Waals surface area (Å²) >= 11 is 8.92. The van der Waals surface area contributed by atoms with Crippen LogP contribution in [0, 0.1) is 22.9 Å². The highest BCUT2D eigenvalue weighted by Gasteiger charge is 2.19. The smallest absolute Gasteiger partial charge is 0.311 e. The first kappa shape index (κ1) is 14.7. The molecule has 2 aromatic rings. The number of nitrogens with one attached hydrogen (secondary N) is 1. The van der Waals surface area contributed by atoms with E-state index in [0.29, 0.717) is 11.3 Å². The Hall–Kier alpha value is -1.66. The van der Waals surface area contributed by atoms with Crippen molar-refractivity contribution >= 4 is 44.6 Å². The Morgan fingerprint density at radius 2 is 2.05 bits per heavy atom. The van der Waals surface area contributed by atoms with E-state index in [1.807, 2.05) is 0 Å². The molecule has 0 atom stereocenters. The zero-order valence-corrected chi connectivity index (χ0v) is 12.6. The number of aryl methyl sites for hydroxylation is 1. The lowest BCUT2D eigenvalue weighted by atomic mass is 10.1. The summed E-state index contributed by atoms with van der Waals surface area (Å²) in [5, 5.41) is 14.0. The normalized spacial score (nSPS) is 10.4. The number of nitro groups is 1. The molecule has 7 heteroatoms. The van der Waals surface area contributed by atoms with Gasteiger partial charge < -0.3 is 5.32 Å². The van der Waals surface area contributed by atoms with Crippen LogP contribution in [0.2, 0.25) is 5.02 Å². The predicted octanol–water partition coefficient (Wildman–Crippen LogP) is 5.20. The zero-order valence-electron chi connectivity index (χ0n) is 10.3. The van der Waals surface area contributed by atoms with Gasteiger partial charge in [-0.1, -0.05) is 17.7 Å². The Balaban J connectivity index is 2.48. The molecule has 0 fully saturated rings. The van der Waals surface area contributed by atoms with Gasteiger partial charge in [0.15, 0.2) is 0 Å². The lowest BCUT2D eigenvalue weighted by molar-refractivity contribution is -0.383. The topological polar surface area (TPSA) is 55.2 Å². The van der Waals surface area contributed by atoms with Gasteiger partial charge in [0.25, 0.3) is 0 Å². The van der Waals surface area contributed by atoms with Crippen LogP contribution in [0.4, 0.5) is 21.5 Å². The third-order valence-corrected chi connectivity index (χ3v) is 3.62. The van der Waals surface area contributed by atoms with Gasteiger partial charge in [-0.3, -0.25) is 10.1 Å². The second kappa shape index (κ2) is 5.76. The van der Waals surface area contributed by atoms with E-state index >= 15 is 0 Å². The number of para-hydroxylation sites is 1. The molecule has 1 N–H and O–H groups in total. The summed E-state index contributed by atoms with van der Waals surface area (Å²) in [5.41, 5.74) is 1.22. The van der Waals surface area contributed by atoms with Crippen LogP contribution >= 0.6 is 27.5 Å². The van der Waals surface area contributed by atoms with Crippen LogP contribution in [-0.2, 0) is 0 Å². The van der Waals surface area contributed by atoms with Crippen molar-refractivity contribution in [1.82, 2.24) is 0 Å². The Bertz CT molecular complexity index is 694. The minimum absolute atomic E-state index is 0.0406. The summed E-state index contributed by atoms with van der Waals surface area (Å²) in [7, 11) is 0. The van der Waals surface area contributed by atoms with E-state index in [0.717, 1.165) is 0 Å². The zero-order chi connectivity index (χ0) is 14.9. The van der Waals surface area contributed by atoms with Gasteiger partial charge in [0.2, 0.25) is 0 Å². The quantitative estimate of drug-likeness (QED) is 0.605. The molecule has 0 heterocycles. The highest BCUT2D eigenvalue weighted by atomic mass is 79.9. The average Bonchev–Trinajstić information content (AvgIpc) is 2.35. The molecule has 0 aromatic heterocycles. The fourth-order valence-electron chi connectivity index (χ4n) is 1.73. The van der Waals surface area contributed by atoms with E-state index in [2.05, 4.69) is 21.2 Å². The molecule has 0 unspecified atom stereocenters. The number of hydrogen-bond donors (Lipinski definition) is 1. The van der Waals surface area contributed by atoms with Crippen LogP contribution in [0.3, 0.4) is 0 Å². The number of hydrogen-bond acceptors (Lipinski definition) is 3. The minimum atomic E-state index is -0.557. The second-order valence-corrected chi connectivity index (χ2v) is 5.36. The fourth-order valence-corrected chi connectivity index (χ4v) is 2.31. The summed E-state index contributed by atoms with van der Waals surface area (Å²) in [6.07, 6.45) is 0. The molecule has 0 aliphatic carbocycles. The standard InChI is InChI=1S/C13H9BrClFN2O2/c1-7-5-10(16)8(14)6-12(7)17-11-4-2-3-9(15)13(11)18(19)20/h2-6,17H,1H3. The van der Waals surface area contributed by atoms with Crippen molar-refractivity contribution in [2.75, 3.05) is 5.32 Å². The summed E-state index contributed by atoms with van der Waals surface area (Å²) in [6, 6.07) is 7.45. The molecular weight excluding hydrogens is 351 g/mol. The van der Waals surface area contributed by atoms with E-state index in [-0.39, 0.29) is 20.9 Å². The van der Waals surface area contributed by atoms with Crippen molar-refractivity contribution in [1.29, 1.82) is 0 Å². The summed E-state index contributed by atoms with van der Waals surface area (Å²) < 4.78 is 13.6. The van der Waals surface area contributed by atoms with Crippen molar-refractivity contribution in [3.05, 3.63) is 61.3 Å². The highest BCUT2D eigenvalue weighted by Crippen LogP contribution is 2.35. The lowest BCUT2D eigenvalue weighted by Gasteiger charge is -2.11. The molecule has 20 heavy (non-hydrogen) atoms. The van der Waals surface area contributed by atoms with Gasteiger partial charge in [-0.05, 0) is 52.7 Å². The molecule has 0 aliphatic heterocycles. The summed E-state index contributed by atoms with van der Waals surface area (Å²) in [4.78, 5) is 10.5. The molecule has 0 saturated heterocycles. The van der Waals surface area contributed by atoms with Gasteiger partial charge in [-0.25, -0.2) is 4.39 Å². The maximum absolute atomic E-state index is 13.4. The maximum Gasteiger partial charge on any atom is 0.311 e. The number of benzene rings is 2. The van der Waals surface area contributed by atoms with Crippen molar-refractivity contribution in [3.8, 4) is 0 Å². The number of nitro benzene ring substituents is 1. The lowest BCUT2D eigenvalue weighted by Crippen LogP contribution is -1.99. The molecule has 0 amide bonds. The molecular formula is C13H9BrClFN2O2. The molecule has 2 rings (SSSR count). The molecule has 0 bridgehead atoms. The van der Waals surface area contributed by atoms with Crippen molar-refractivity contribution in [2.24, 2.45) is 0 Å². The Labute approximate surface area is 127 Å². The third kappa shape index (κ3) is 2.91. The van der Waals surface area contributed by atoms with Crippen LogP contribution in [0.15, 0.2) is 34.8 Å². The Kier molecular flexibility index (Phi) is 4.25. The van der Waals surface area contributed by atoms with Gasteiger partial charge >= 0.3 is 5.69 Å². The van der Waals surface area contributed by atoms with Gasteiger partial charge in [-0.15, -0.1) is 0 Å². The number of nitrogens with zero attached hydrogens (tertiary/aromatic N) is 1. The van der Waals surface area contributed by atoms with E-state index in [4.69, 9.17) is 11.6 Å².